The van der Waals surface area contributed by atoms with Crippen molar-refractivity contribution in [3.8, 4) is 0 Å². The van der Waals surface area contributed by atoms with Crippen LogP contribution in [-0.4, -0.2) is 34.2 Å². The smallest absolute Gasteiger partial charge is 0.337 e. The first-order chi connectivity index (χ1) is 8.17. The SMILES string of the molecule is COC(=O)c1ccn2c(CCO)nc(Br)c2c1. The molecule has 0 radical (unpaired) electrons. The van der Waals surface area contributed by atoms with Crippen LogP contribution in [0, 0.1) is 0 Å². The van der Waals surface area contributed by atoms with Crippen molar-refractivity contribution in [3.05, 3.63) is 34.3 Å². The average molecular weight is 299 g/mol. The van der Waals surface area contributed by atoms with Gasteiger partial charge in [0.05, 0.1) is 24.8 Å². The summed E-state index contributed by atoms with van der Waals surface area (Å²) < 4.78 is 7.13. The molecule has 17 heavy (non-hydrogen) atoms. The molecule has 0 aliphatic heterocycles. The van der Waals surface area contributed by atoms with Gasteiger partial charge in [0.1, 0.15) is 10.4 Å². The Hall–Kier alpha value is -1.40. The monoisotopic (exact) mass is 298 g/mol. The molecule has 0 amide bonds. The number of esters is 1. The van der Waals surface area contributed by atoms with Gasteiger partial charge in [-0.2, -0.15) is 0 Å². The fraction of sp³-hybridized carbons (Fsp3) is 0.273. The Labute approximate surface area is 106 Å². The molecule has 0 saturated carbocycles. The molecular formula is C11H11BrN2O3. The minimum atomic E-state index is -0.385. The topological polar surface area (TPSA) is 63.8 Å². The maximum absolute atomic E-state index is 11.4. The molecule has 0 fully saturated rings. The van der Waals surface area contributed by atoms with E-state index in [0.29, 0.717) is 16.6 Å². The number of rotatable bonds is 3. The van der Waals surface area contributed by atoms with Gasteiger partial charge >= 0.3 is 5.97 Å². The molecule has 0 atom stereocenters. The van der Waals surface area contributed by atoms with Crippen LogP contribution in [0.3, 0.4) is 0 Å². The fourth-order valence-corrected chi connectivity index (χ4v) is 2.14. The number of aliphatic hydroxyl groups excluding tert-OH is 1. The molecule has 5 nitrogen and oxygen atoms in total. The molecule has 0 bridgehead atoms. The summed E-state index contributed by atoms with van der Waals surface area (Å²) in [5.74, 6) is 0.357. The summed E-state index contributed by atoms with van der Waals surface area (Å²) >= 11 is 3.33. The Bertz CT molecular complexity index is 565. The summed E-state index contributed by atoms with van der Waals surface area (Å²) in [4.78, 5) is 15.7. The predicted molar refractivity (Wildman–Crippen MR) is 65.0 cm³/mol. The number of imidazole rings is 1. The van der Waals surface area contributed by atoms with Crippen LogP contribution in [0.4, 0.5) is 0 Å². The number of hydrogen-bond donors (Lipinski definition) is 1. The van der Waals surface area contributed by atoms with Crippen LogP contribution < -0.4 is 0 Å². The number of aliphatic hydroxyl groups is 1. The number of carbonyl (C=O) groups excluding carboxylic acids is 1. The van der Waals surface area contributed by atoms with Crippen molar-refractivity contribution in [2.24, 2.45) is 0 Å². The number of ether oxygens (including phenoxy) is 1. The Morgan fingerprint density at radius 2 is 2.41 bits per heavy atom. The molecule has 0 aliphatic rings. The van der Waals surface area contributed by atoms with Crippen molar-refractivity contribution in [2.75, 3.05) is 13.7 Å². The van der Waals surface area contributed by atoms with Crippen molar-refractivity contribution in [2.45, 2.75) is 6.42 Å². The number of methoxy groups -OCH3 is 1. The van der Waals surface area contributed by atoms with Gasteiger partial charge in [0.2, 0.25) is 0 Å². The lowest BCUT2D eigenvalue weighted by molar-refractivity contribution is 0.0600. The van der Waals surface area contributed by atoms with Gasteiger partial charge < -0.3 is 14.2 Å². The summed E-state index contributed by atoms with van der Waals surface area (Å²) in [5.41, 5.74) is 1.24. The van der Waals surface area contributed by atoms with E-state index >= 15 is 0 Å². The lowest BCUT2D eigenvalue weighted by atomic mass is 10.2. The largest absolute Gasteiger partial charge is 0.465 e. The van der Waals surface area contributed by atoms with Crippen LogP contribution in [0.2, 0.25) is 0 Å². The van der Waals surface area contributed by atoms with E-state index in [0.717, 1.165) is 11.3 Å². The third kappa shape index (κ3) is 2.18. The highest BCUT2D eigenvalue weighted by Gasteiger charge is 2.12. The minimum absolute atomic E-state index is 0.0321. The van der Waals surface area contributed by atoms with Crippen LogP contribution >= 0.6 is 15.9 Å². The van der Waals surface area contributed by atoms with Crippen LogP contribution in [0.1, 0.15) is 16.2 Å². The molecule has 6 heteroatoms. The Kier molecular flexibility index (Phi) is 3.44. The van der Waals surface area contributed by atoms with Gasteiger partial charge in [-0.15, -0.1) is 0 Å². The number of pyridine rings is 1. The maximum Gasteiger partial charge on any atom is 0.337 e. The second-order valence-electron chi connectivity index (χ2n) is 3.45. The minimum Gasteiger partial charge on any atom is -0.465 e. The number of hydrogen-bond acceptors (Lipinski definition) is 4. The van der Waals surface area contributed by atoms with Crippen molar-refractivity contribution in [1.29, 1.82) is 0 Å². The molecule has 0 spiro atoms. The lowest BCUT2D eigenvalue weighted by Gasteiger charge is -2.02. The van der Waals surface area contributed by atoms with Gasteiger partial charge in [-0.25, -0.2) is 9.78 Å². The molecule has 2 aromatic rings. The zero-order valence-corrected chi connectivity index (χ0v) is 10.8. The molecule has 2 heterocycles. The second kappa shape index (κ2) is 4.85. The van der Waals surface area contributed by atoms with E-state index in [-0.39, 0.29) is 12.6 Å². The van der Waals surface area contributed by atoms with Crippen LogP contribution in [-0.2, 0) is 11.2 Å². The standard InChI is InChI=1S/C11H11BrN2O3/c1-17-11(16)7-2-4-14-8(6-7)10(12)13-9(14)3-5-15/h2,4,6,15H,3,5H2,1H3. The van der Waals surface area contributed by atoms with Gasteiger partial charge in [0, 0.05) is 12.6 Å². The van der Waals surface area contributed by atoms with Gasteiger partial charge in [-0.05, 0) is 28.1 Å². The van der Waals surface area contributed by atoms with Crippen LogP contribution in [0.15, 0.2) is 22.9 Å². The predicted octanol–water partition coefficient (Wildman–Crippen LogP) is 1.42. The average Bonchev–Trinajstić information content (AvgIpc) is 2.65. The molecule has 2 aromatic heterocycles. The summed E-state index contributed by atoms with van der Waals surface area (Å²) in [6.07, 6.45) is 2.20. The lowest BCUT2D eigenvalue weighted by Crippen LogP contribution is -2.03. The fourth-order valence-electron chi connectivity index (χ4n) is 1.63. The molecule has 0 aromatic carbocycles. The Balaban J connectivity index is 2.55. The first kappa shape index (κ1) is 12.1. The van der Waals surface area contributed by atoms with Gasteiger partial charge in [0.25, 0.3) is 0 Å². The molecule has 90 valence electrons. The first-order valence-corrected chi connectivity index (χ1v) is 5.82. The van der Waals surface area contributed by atoms with Gasteiger partial charge in [0.15, 0.2) is 0 Å². The van der Waals surface area contributed by atoms with Crippen molar-refractivity contribution in [1.82, 2.24) is 9.38 Å². The zero-order valence-electron chi connectivity index (χ0n) is 9.18. The molecule has 1 N–H and O–H groups in total. The van der Waals surface area contributed by atoms with E-state index in [2.05, 4.69) is 25.7 Å². The number of fused-ring (bicyclic) bond motifs is 1. The van der Waals surface area contributed by atoms with E-state index in [4.69, 9.17) is 5.11 Å². The van der Waals surface area contributed by atoms with Crippen LogP contribution in [0.25, 0.3) is 5.52 Å². The van der Waals surface area contributed by atoms with Crippen molar-refractivity contribution >= 4 is 27.4 Å². The number of aromatic nitrogens is 2. The quantitative estimate of drug-likeness (QED) is 0.871. The Morgan fingerprint density at radius 1 is 1.65 bits per heavy atom. The van der Waals surface area contributed by atoms with E-state index in [1.807, 2.05) is 4.40 Å². The molecular weight excluding hydrogens is 288 g/mol. The maximum atomic E-state index is 11.4. The normalized spacial score (nSPS) is 10.8. The van der Waals surface area contributed by atoms with Crippen molar-refractivity contribution < 1.29 is 14.6 Å². The van der Waals surface area contributed by atoms with E-state index in [9.17, 15) is 4.79 Å². The summed E-state index contributed by atoms with van der Waals surface area (Å²) in [7, 11) is 1.34. The third-order valence-electron chi connectivity index (χ3n) is 2.43. The van der Waals surface area contributed by atoms with Crippen LogP contribution in [0.5, 0.6) is 0 Å². The van der Waals surface area contributed by atoms with E-state index < -0.39 is 0 Å². The third-order valence-corrected chi connectivity index (χ3v) is 3.01. The van der Waals surface area contributed by atoms with Gasteiger partial charge in [-0.3, -0.25) is 0 Å². The molecule has 2 rings (SSSR count). The van der Waals surface area contributed by atoms with Crippen molar-refractivity contribution in [3.63, 3.8) is 0 Å². The molecule has 0 unspecified atom stereocenters. The highest BCUT2D eigenvalue weighted by atomic mass is 79.9. The van der Waals surface area contributed by atoms with E-state index in [1.165, 1.54) is 7.11 Å². The number of halogens is 1. The molecule has 0 aliphatic carbocycles. The first-order valence-electron chi connectivity index (χ1n) is 5.03. The highest BCUT2D eigenvalue weighted by Crippen LogP contribution is 2.20. The molecule has 0 saturated heterocycles. The van der Waals surface area contributed by atoms with Gasteiger partial charge in [-0.1, -0.05) is 0 Å². The Morgan fingerprint density at radius 3 is 3.06 bits per heavy atom. The number of nitrogens with zero attached hydrogens (tertiary/aromatic N) is 2. The summed E-state index contributed by atoms with van der Waals surface area (Å²) in [5, 5.41) is 8.93. The summed E-state index contributed by atoms with van der Waals surface area (Å²) in [6.45, 7) is 0.0321. The highest BCUT2D eigenvalue weighted by molar-refractivity contribution is 9.10. The zero-order chi connectivity index (χ0) is 12.4. The summed E-state index contributed by atoms with van der Waals surface area (Å²) in [6, 6.07) is 3.36. The number of carbonyl (C=O) groups is 1. The van der Waals surface area contributed by atoms with E-state index in [1.54, 1.807) is 18.3 Å². The second-order valence-corrected chi connectivity index (χ2v) is 4.21.